The Kier molecular flexibility index (Phi) is 7.07. The summed E-state index contributed by atoms with van der Waals surface area (Å²) in [5, 5.41) is 34.5. The molecule has 6 atom stereocenters. The van der Waals surface area contributed by atoms with Gasteiger partial charge in [-0.2, -0.15) is 0 Å². The van der Waals surface area contributed by atoms with Gasteiger partial charge in [0.25, 0.3) is 5.79 Å². The molecule has 0 spiro atoms. The van der Waals surface area contributed by atoms with Crippen molar-refractivity contribution in [3.63, 3.8) is 0 Å². The van der Waals surface area contributed by atoms with Crippen LogP contribution < -0.4 is 10.6 Å². The summed E-state index contributed by atoms with van der Waals surface area (Å²) in [7, 11) is 0. The maximum absolute atomic E-state index is 11.6. The SMILES string of the molecule is CC(=O)N[C@H]([C@@H]1O[C@](O)(C(=O)O)C[C@H](O)[C@@H]1NC(C)=O)[C@H](C)OC(C)=O. The Bertz CT molecular complexity index is 581. The van der Waals surface area contributed by atoms with Crippen LogP contribution in [0.4, 0.5) is 0 Å². The van der Waals surface area contributed by atoms with Gasteiger partial charge < -0.3 is 35.4 Å². The first-order chi connectivity index (χ1) is 11.9. The van der Waals surface area contributed by atoms with Gasteiger partial charge in [0.2, 0.25) is 11.8 Å². The number of carbonyl (C=O) groups excluding carboxylic acids is 3. The maximum atomic E-state index is 11.6. The maximum Gasteiger partial charge on any atom is 0.364 e. The number of hydrogen-bond donors (Lipinski definition) is 5. The van der Waals surface area contributed by atoms with Crippen LogP contribution in [0, 0.1) is 0 Å². The van der Waals surface area contributed by atoms with Crippen LogP contribution in [0.15, 0.2) is 0 Å². The van der Waals surface area contributed by atoms with Gasteiger partial charge in [-0.3, -0.25) is 14.4 Å². The number of amides is 2. The van der Waals surface area contributed by atoms with Crippen LogP contribution in [0.25, 0.3) is 0 Å². The molecule has 26 heavy (non-hydrogen) atoms. The van der Waals surface area contributed by atoms with E-state index in [2.05, 4.69) is 10.6 Å². The van der Waals surface area contributed by atoms with Gasteiger partial charge in [-0.15, -0.1) is 0 Å². The summed E-state index contributed by atoms with van der Waals surface area (Å²) >= 11 is 0. The Morgan fingerprint density at radius 1 is 1.19 bits per heavy atom. The molecular weight excluding hydrogens is 352 g/mol. The molecule has 1 aliphatic rings. The number of nitrogens with one attached hydrogen (secondary N) is 2. The smallest absolute Gasteiger partial charge is 0.364 e. The van der Waals surface area contributed by atoms with Gasteiger partial charge in [0, 0.05) is 27.2 Å². The molecule has 1 saturated heterocycles. The number of carbonyl (C=O) groups is 4. The van der Waals surface area contributed by atoms with Crippen LogP contribution in [0.3, 0.4) is 0 Å². The summed E-state index contributed by atoms with van der Waals surface area (Å²) in [6, 6.07) is -2.32. The van der Waals surface area contributed by atoms with Crippen molar-refractivity contribution in [3.05, 3.63) is 0 Å². The number of aliphatic hydroxyl groups excluding tert-OH is 1. The molecule has 11 heteroatoms. The molecule has 1 aliphatic heterocycles. The zero-order valence-corrected chi connectivity index (χ0v) is 14.9. The highest BCUT2D eigenvalue weighted by atomic mass is 16.7. The number of rotatable bonds is 6. The van der Waals surface area contributed by atoms with Crippen molar-refractivity contribution in [1.29, 1.82) is 0 Å². The van der Waals surface area contributed by atoms with Crippen molar-refractivity contribution in [3.8, 4) is 0 Å². The molecule has 0 bridgehead atoms. The van der Waals surface area contributed by atoms with Crippen molar-refractivity contribution in [2.75, 3.05) is 0 Å². The van der Waals surface area contributed by atoms with Crippen LogP contribution in [0.5, 0.6) is 0 Å². The molecule has 0 unspecified atom stereocenters. The molecule has 0 aromatic carbocycles. The second kappa shape index (κ2) is 8.43. The summed E-state index contributed by atoms with van der Waals surface area (Å²) < 4.78 is 10.3. The molecule has 1 rings (SSSR count). The van der Waals surface area contributed by atoms with E-state index in [1.54, 1.807) is 0 Å². The first-order valence-corrected chi connectivity index (χ1v) is 7.90. The minimum absolute atomic E-state index is 0.551. The third-order valence-electron chi connectivity index (χ3n) is 3.87. The fourth-order valence-corrected chi connectivity index (χ4v) is 2.86. The van der Waals surface area contributed by atoms with Gasteiger partial charge in [-0.25, -0.2) is 4.79 Å². The highest BCUT2D eigenvalue weighted by molar-refractivity contribution is 5.76. The number of esters is 1. The van der Waals surface area contributed by atoms with Gasteiger partial charge in [0.15, 0.2) is 0 Å². The topological polar surface area (TPSA) is 171 Å². The monoisotopic (exact) mass is 376 g/mol. The summed E-state index contributed by atoms with van der Waals surface area (Å²) in [4.78, 5) is 45.6. The van der Waals surface area contributed by atoms with E-state index >= 15 is 0 Å². The number of hydrogen-bond acceptors (Lipinski definition) is 8. The van der Waals surface area contributed by atoms with E-state index in [0.29, 0.717) is 0 Å². The molecule has 11 nitrogen and oxygen atoms in total. The molecule has 1 fully saturated rings. The lowest BCUT2D eigenvalue weighted by molar-refractivity contribution is -0.283. The highest BCUT2D eigenvalue weighted by Gasteiger charge is 2.54. The number of carboxylic acids is 1. The lowest BCUT2D eigenvalue weighted by atomic mass is 9.87. The average Bonchev–Trinajstić information content (AvgIpc) is 2.46. The van der Waals surface area contributed by atoms with Gasteiger partial charge in [-0.05, 0) is 6.92 Å². The van der Waals surface area contributed by atoms with Crippen LogP contribution in [-0.2, 0) is 28.7 Å². The number of ether oxygens (including phenoxy) is 2. The van der Waals surface area contributed by atoms with E-state index in [9.17, 15) is 34.5 Å². The number of aliphatic hydroxyl groups is 2. The molecule has 5 N–H and O–H groups in total. The molecule has 0 aliphatic carbocycles. The molecule has 1 heterocycles. The standard InChI is InChI=1S/C15H24N2O9/c1-6(25-9(4)20)11(16-7(2)18)13-12(17-8(3)19)10(21)5-15(24,26-13)14(22)23/h6,10-13,21,24H,5H2,1-4H3,(H,16,18)(H,17,19)(H,22,23)/t6-,10-,11-,12-,13-,15-/m0/s1. The Morgan fingerprint density at radius 2 is 1.77 bits per heavy atom. The lowest BCUT2D eigenvalue weighted by Gasteiger charge is -2.46. The minimum atomic E-state index is -2.74. The largest absolute Gasteiger partial charge is 0.477 e. The van der Waals surface area contributed by atoms with Crippen LogP contribution >= 0.6 is 0 Å². The van der Waals surface area contributed by atoms with E-state index in [1.165, 1.54) is 20.8 Å². The van der Waals surface area contributed by atoms with Gasteiger partial charge >= 0.3 is 11.9 Å². The molecule has 0 aromatic rings. The third-order valence-corrected chi connectivity index (χ3v) is 3.87. The summed E-state index contributed by atoms with van der Waals surface area (Å²) in [6.45, 7) is 4.89. The molecule has 0 aromatic heterocycles. The average molecular weight is 376 g/mol. The van der Waals surface area contributed by atoms with Crippen molar-refractivity contribution in [1.82, 2.24) is 10.6 Å². The summed E-state index contributed by atoms with van der Waals surface area (Å²) in [5.74, 6) is -6.27. The van der Waals surface area contributed by atoms with Gasteiger partial charge in [-0.1, -0.05) is 0 Å². The van der Waals surface area contributed by atoms with Crippen molar-refractivity contribution in [2.24, 2.45) is 0 Å². The first kappa shape index (κ1) is 21.8. The van der Waals surface area contributed by atoms with Gasteiger partial charge in [0.05, 0.1) is 18.2 Å². The van der Waals surface area contributed by atoms with Gasteiger partial charge in [0.1, 0.15) is 12.2 Å². The Balaban J connectivity index is 3.30. The zero-order valence-electron chi connectivity index (χ0n) is 14.9. The summed E-state index contributed by atoms with van der Waals surface area (Å²) in [5.41, 5.74) is 0. The molecule has 148 valence electrons. The quantitative estimate of drug-likeness (QED) is 0.325. The predicted octanol–water partition coefficient (Wildman–Crippen LogP) is -2.13. The molecular formula is C15H24N2O9. The van der Waals surface area contributed by atoms with Crippen LogP contribution in [0.1, 0.15) is 34.1 Å². The minimum Gasteiger partial charge on any atom is -0.477 e. The van der Waals surface area contributed by atoms with Crippen molar-refractivity contribution < 1.29 is 44.0 Å². The lowest BCUT2D eigenvalue weighted by Crippen LogP contribution is -2.69. The number of carboxylic acid groups (broad SMARTS) is 1. The third kappa shape index (κ3) is 5.38. The van der Waals surface area contributed by atoms with Crippen molar-refractivity contribution in [2.45, 2.75) is 70.3 Å². The Labute approximate surface area is 149 Å². The Hall–Kier alpha value is -2.24. The van der Waals surface area contributed by atoms with E-state index in [-0.39, 0.29) is 0 Å². The first-order valence-electron chi connectivity index (χ1n) is 7.90. The second-order valence-electron chi connectivity index (χ2n) is 6.21. The fourth-order valence-electron chi connectivity index (χ4n) is 2.86. The second-order valence-corrected chi connectivity index (χ2v) is 6.21. The van der Waals surface area contributed by atoms with Crippen molar-refractivity contribution >= 4 is 23.8 Å². The van der Waals surface area contributed by atoms with E-state index in [4.69, 9.17) is 9.47 Å². The highest BCUT2D eigenvalue weighted by Crippen LogP contribution is 2.31. The fraction of sp³-hybridized carbons (Fsp3) is 0.733. The zero-order chi connectivity index (χ0) is 20.2. The number of aliphatic carboxylic acids is 1. The predicted molar refractivity (Wildman–Crippen MR) is 84.5 cm³/mol. The van der Waals surface area contributed by atoms with E-state index in [1.807, 2.05) is 0 Å². The van der Waals surface area contributed by atoms with E-state index in [0.717, 1.165) is 6.92 Å². The molecule has 2 amide bonds. The van der Waals surface area contributed by atoms with E-state index < -0.39 is 66.4 Å². The molecule has 0 radical (unpaired) electrons. The Morgan fingerprint density at radius 3 is 2.19 bits per heavy atom. The molecule has 0 saturated carbocycles. The van der Waals surface area contributed by atoms with Crippen LogP contribution in [-0.4, -0.2) is 75.3 Å². The van der Waals surface area contributed by atoms with Crippen LogP contribution in [0.2, 0.25) is 0 Å². The normalized spacial score (nSPS) is 30.6. The summed E-state index contributed by atoms with van der Waals surface area (Å²) in [6.07, 6.45) is -4.62.